The average molecular weight is 381 g/mol. The van der Waals surface area contributed by atoms with E-state index in [1.165, 1.54) is 56.9 Å². The third-order valence-electron chi connectivity index (χ3n) is 5.05. The van der Waals surface area contributed by atoms with Crippen molar-refractivity contribution >= 4 is 23.5 Å². The zero-order valence-corrected chi connectivity index (χ0v) is 18.0. The molecule has 0 saturated carbocycles. The van der Waals surface area contributed by atoms with Gasteiger partial charge < -0.3 is 4.74 Å². The second-order valence-electron chi connectivity index (χ2n) is 7.30. The summed E-state index contributed by atoms with van der Waals surface area (Å²) in [5, 5.41) is 0.871. The van der Waals surface area contributed by atoms with E-state index in [2.05, 4.69) is 68.6 Å². The fourth-order valence-electron chi connectivity index (χ4n) is 3.39. The predicted molar refractivity (Wildman–Crippen MR) is 116 cm³/mol. The highest BCUT2D eigenvalue weighted by molar-refractivity contribution is 8.17. The molecule has 1 heterocycles. The standard InChI is InChI=1S/C22H36OS2/c1-4-6-7-8-9-10-15-23-20-13-11-19(12-14-20)17-24-22-16-18(3)21(5-2)25-22/h11-14,18,21-22H,4-10,15-17H2,1-3H3/t18-,21+,22?/m0/s1. The van der Waals surface area contributed by atoms with Crippen molar-refractivity contribution in [3.63, 3.8) is 0 Å². The molecular formula is C22H36OS2. The van der Waals surface area contributed by atoms with Gasteiger partial charge in [0.25, 0.3) is 0 Å². The van der Waals surface area contributed by atoms with Crippen LogP contribution >= 0.6 is 23.5 Å². The van der Waals surface area contributed by atoms with Crippen molar-refractivity contribution in [2.45, 2.75) is 87.7 Å². The molecule has 1 aromatic rings. The molecule has 1 nitrogen and oxygen atoms in total. The molecule has 1 unspecified atom stereocenters. The average Bonchev–Trinajstić information content (AvgIpc) is 3.00. The molecule has 0 bridgehead atoms. The molecule has 3 atom stereocenters. The smallest absolute Gasteiger partial charge is 0.119 e. The number of ether oxygens (including phenoxy) is 1. The Morgan fingerprint density at radius 1 is 1.04 bits per heavy atom. The van der Waals surface area contributed by atoms with E-state index in [0.29, 0.717) is 0 Å². The van der Waals surface area contributed by atoms with E-state index in [1.54, 1.807) is 0 Å². The van der Waals surface area contributed by atoms with Crippen LogP contribution in [0.15, 0.2) is 24.3 Å². The molecule has 1 aromatic carbocycles. The summed E-state index contributed by atoms with van der Waals surface area (Å²) in [5.74, 6) is 3.03. The Morgan fingerprint density at radius 3 is 2.44 bits per heavy atom. The first kappa shape index (κ1) is 21.0. The quantitative estimate of drug-likeness (QED) is 0.347. The Bertz CT molecular complexity index is 460. The summed E-state index contributed by atoms with van der Waals surface area (Å²) in [5.41, 5.74) is 1.42. The van der Waals surface area contributed by atoms with E-state index in [-0.39, 0.29) is 0 Å². The first-order valence-corrected chi connectivity index (χ1v) is 12.2. The molecule has 0 aromatic heterocycles. The monoisotopic (exact) mass is 380 g/mol. The lowest BCUT2D eigenvalue weighted by molar-refractivity contribution is 0.304. The second-order valence-corrected chi connectivity index (χ2v) is 10.2. The highest BCUT2D eigenvalue weighted by Crippen LogP contribution is 2.45. The van der Waals surface area contributed by atoms with Crippen LogP contribution in [-0.2, 0) is 5.75 Å². The van der Waals surface area contributed by atoms with E-state index in [1.807, 2.05) is 0 Å². The summed E-state index contributed by atoms with van der Waals surface area (Å²) in [6.07, 6.45) is 10.6. The van der Waals surface area contributed by atoms with Gasteiger partial charge in [0, 0.05) is 11.0 Å². The number of rotatable bonds is 12. The van der Waals surface area contributed by atoms with Crippen molar-refractivity contribution in [3.8, 4) is 5.75 Å². The molecule has 0 N–H and O–H groups in total. The van der Waals surface area contributed by atoms with Gasteiger partial charge in [-0.25, -0.2) is 0 Å². The zero-order valence-electron chi connectivity index (χ0n) is 16.3. The normalized spacial score (nSPS) is 23.1. The van der Waals surface area contributed by atoms with Crippen LogP contribution in [0.25, 0.3) is 0 Å². The van der Waals surface area contributed by atoms with Crippen LogP contribution < -0.4 is 4.74 Å². The Balaban J connectivity index is 1.60. The van der Waals surface area contributed by atoms with Crippen LogP contribution in [0.4, 0.5) is 0 Å². The minimum Gasteiger partial charge on any atom is -0.494 e. The van der Waals surface area contributed by atoms with Crippen molar-refractivity contribution in [2.75, 3.05) is 6.61 Å². The van der Waals surface area contributed by atoms with Crippen LogP contribution in [-0.4, -0.2) is 16.4 Å². The minimum atomic E-state index is 0.781. The Kier molecular flexibility index (Phi) is 10.2. The molecule has 2 rings (SSSR count). The lowest BCUT2D eigenvalue weighted by Crippen LogP contribution is -2.04. The minimum absolute atomic E-state index is 0.781. The molecule has 25 heavy (non-hydrogen) atoms. The largest absolute Gasteiger partial charge is 0.494 e. The maximum absolute atomic E-state index is 5.88. The fraction of sp³-hybridized carbons (Fsp3) is 0.727. The third kappa shape index (κ3) is 7.86. The number of hydrogen-bond donors (Lipinski definition) is 0. The summed E-state index contributed by atoms with van der Waals surface area (Å²) in [4.78, 5) is 0. The predicted octanol–water partition coefficient (Wildman–Crippen LogP) is 7.54. The van der Waals surface area contributed by atoms with Gasteiger partial charge in [0.15, 0.2) is 0 Å². The number of hydrogen-bond acceptors (Lipinski definition) is 3. The molecule has 1 aliphatic rings. The lowest BCUT2D eigenvalue weighted by atomic mass is 10.0. The van der Waals surface area contributed by atoms with Gasteiger partial charge >= 0.3 is 0 Å². The van der Waals surface area contributed by atoms with Crippen molar-refractivity contribution < 1.29 is 4.74 Å². The van der Waals surface area contributed by atoms with Gasteiger partial charge in [0.05, 0.1) is 11.2 Å². The molecule has 3 heteroatoms. The highest BCUT2D eigenvalue weighted by atomic mass is 32.2. The van der Waals surface area contributed by atoms with E-state index < -0.39 is 0 Å². The molecular weight excluding hydrogens is 344 g/mol. The van der Waals surface area contributed by atoms with Crippen LogP contribution in [0.1, 0.15) is 77.7 Å². The van der Waals surface area contributed by atoms with Gasteiger partial charge in [-0.1, -0.05) is 65.0 Å². The van der Waals surface area contributed by atoms with Gasteiger partial charge in [-0.05, 0) is 42.9 Å². The van der Waals surface area contributed by atoms with Crippen LogP contribution in [0.3, 0.4) is 0 Å². The van der Waals surface area contributed by atoms with Gasteiger partial charge in [-0.15, -0.1) is 23.5 Å². The Hall–Kier alpha value is -0.280. The first-order valence-electron chi connectivity index (χ1n) is 10.2. The Morgan fingerprint density at radius 2 is 1.76 bits per heavy atom. The summed E-state index contributed by atoms with van der Waals surface area (Å²) in [6.45, 7) is 7.86. The van der Waals surface area contributed by atoms with Gasteiger partial charge in [-0.3, -0.25) is 0 Å². The molecule has 0 radical (unpaired) electrons. The number of unbranched alkanes of at least 4 members (excludes halogenated alkanes) is 5. The maximum Gasteiger partial charge on any atom is 0.119 e. The molecule has 1 saturated heterocycles. The summed E-state index contributed by atoms with van der Waals surface area (Å²) in [7, 11) is 0. The van der Waals surface area contributed by atoms with Crippen LogP contribution in [0.5, 0.6) is 5.75 Å². The summed E-state index contributed by atoms with van der Waals surface area (Å²) < 4.78 is 6.66. The lowest BCUT2D eigenvalue weighted by Gasteiger charge is -2.11. The molecule has 1 aliphatic heterocycles. The van der Waals surface area contributed by atoms with E-state index in [9.17, 15) is 0 Å². The molecule has 142 valence electrons. The first-order chi connectivity index (χ1) is 12.2. The second kappa shape index (κ2) is 12.2. The topological polar surface area (TPSA) is 9.23 Å². The molecule has 0 aliphatic carbocycles. The Labute approximate surface area is 164 Å². The van der Waals surface area contributed by atoms with E-state index in [4.69, 9.17) is 4.74 Å². The van der Waals surface area contributed by atoms with E-state index >= 15 is 0 Å². The SMILES string of the molecule is CCCCCCCCOc1ccc(CSC2C[C@H](C)[C@@H](CC)S2)cc1. The van der Waals surface area contributed by atoms with Crippen molar-refractivity contribution in [1.82, 2.24) is 0 Å². The zero-order chi connectivity index (χ0) is 17.9. The molecule has 0 amide bonds. The highest BCUT2D eigenvalue weighted by Gasteiger charge is 2.30. The van der Waals surface area contributed by atoms with Gasteiger partial charge in [0.1, 0.15) is 5.75 Å². The van der Waals surface area contributed by atoms with Gasteiger partial charge in [-0.2, -0.15) is 0 Å². The molecule has 1 fully saturated rings. The van der Waals surface area contributed by atoms with E-state index in [0.717, 1.165) is 33.9 Å². The number of thioether (sulfide) groups is 2. The van der Waals surface area contributed by atoms with Crippen molar-refractivity contribution in [2.24, 2.45) is 5.92 Å². The summed E-state index contributed by atoms with van der Waals surface area (Å²) >= 11 is 4.32. The van der Waals surface area contributed by atoms with Crippen molar-refractivity contribution in [1.29, 1.82) is 0 Å². The van der Waals surface area contributed by atoms with Crippen molar-refractivity contribution in [3.05, 3.63) is 29.8 Å². The molecule has 0 spiro atoms. The third-order valence-corrected chi connectivity index (χ3v) is 8.50. The van der Waals surface area contributed by atoms with Gasteiger partial charge in [0.2, 0.25) is 0 Å². The number of benzene rings is 1. The summed E-state index contributed by atoms with van der Waals surface area (Å²) in [6, 6.07) is 8.77. The maximum atomic E-state index is 5.88. The van der Waals surface area contributed by atoms with Crippen LogP contribution in [0, 0.1) is 5.92 Å². The van der Waals surface area contributed by atoms with Crippen LogP contribution in [0.2, 0.25) is 0 Å². The fourth-order valence-corrected chi connectivity index (χ4v) is 6.72.